The first kappa shape index (κ1) is 15.9. The van der Waals surface area contributed by atoms with Crippen LogP contribution in [0.3, 0.4) is 0 Å². The summed E-state index contributed by atoms with van der Waals surface area (Å²) in [6, 6.07) is 6.75. The summed E-state index contributed by atoms with van der Waals surface area (Å²) >= 11 is 0. The predicted molar refractivity (Wildman–Crippen MR) is 83.8 cm³/mol. The Morgan fingerprint density at radius 2 is 1.83 bits per heavy atom. The Balaban J connectivity index is 2.25. The maximum absolute atomic E-state index is 12.4. The quantitative estimate of drug-likeness (QED) is 0.775. The van der Waals surface area contributed by atoms with Crippen molar-refractivity contribution in [3.63, 3.8) is 0 Å². The standard InChI is InChI=1S/C17H16N2O5/c1-9(20)14-12(16(21)23-2)13(17(22)24-3)15-11-7-5-4-6-10(11)8-18-19(14)15/h4-8,13,15H,1-3H3. The van der Waals surface area contributed by atoms with Crippen molar-refractivity contribution in [1.82, 2.24) is 5.01 Å². The fourth-order valence-corrected chi connectivity index (χ4v) is 3.23. The summed E-state index contributed by atoms with van der Waals surface area (Å²) in [5, 5.41) is 5.70. The van der Waals surface area contributed by atoms with Gasteiger partial charge < -0.3 is 9.47 Å². The van der Waals surface area contributed by atoms with Gasteiger partial charge in [-0.2, -0.15) is 5.10 Å². The number of ketones is 1. The van der Waals surface area contributed by atoms with Gasteiger partial charge in [-0.15, -0.1) is 0 Å². The van der Waals surface area contributed by atoms with Gasteiger partial charge in [-0.25, -0.2) is 4.79 Å². The highest BCUT2D eigenvalue weighted by atomic mass is 16.5. The van der Waals surface area contributed by atoms with Crippen LogP contribution in [0.1, 0.15) is 24.1 Å². The lowest BCUT2D eigenvalue weighted by Crippen LogP contribution is -2.32. The molecule has 1 aromatic carbocycles. The van der Waals surface area contributed by atoms with E-state index in [2.05, 4.69) is 5.10 Å². The van der Waals surface area contributed by atoms with Crippen LogP contribution in [0.25, 0.3) is 0 Å². The minimum Gasteiger partial charge on any atom is -0.468 e. The van der Waals surface area contributed by atoms with E-state index in [1.165, 1.54) is 26.2 Å². The molecule has 2 aliphatic heterocycles. The van der Waals surface area contributed by atoms with Gasteiger partial charge in [0, 0.05) is 6.92 Å². The summed E-state index contributed by atoms with van der Waals surface area (Å²) in [5.74, 6) is -2.71. The molecule has 24 heavy (non-hydrogen) atoms. The van der Waals surface area contributed by atoms with Crippen LogP contribution in [0.4, 0.5) is 0 Å². The molecular weight excluding hydrogens is 312 g/mol. The second kappa shape index (κ2) is 5.92. The summed E-state index contributed by atoms with van der Waals surface area (Å²) in [5.41, 5.74) is 1.66. The highest BCUT2D eigenvalue weighted by Gasteiger charge is 2.52. The van der Waals surface area contributed by atoms with Crippen molar-refractivity contribution in [1.29, 1.82) is 0 Å². The number of ether oxygens (including phenoxy) is 2. The molecule has 0 saturated heterocycles. The molecule has 7 nitrogen and oxygen atoms in total. The topological polar surface area (TPSA) is 85.3 Å². The number of methoxy groups -OCH3 is 2. The number of hydrogen-bond donors (Lipinski definition) is 0. The smallest absolute Gasteiger partial charge is 0.337 e. The van der Waals surface area contributed by atoms with E-state index < -0.39 is 23.9 Å². The first-order chi connectivity index (χ1) is 11.5. The summed E-state index contributed by atoms with van der Waals surface area (Å²) in [4.78, 5) is 36.9. The number of esters is 2. The lowest BCUT2D eigenvalue weighted by atomic mass is 9.87. The van der Waals surface area contributed by atoms with Crippen LogP contribution in [-0.4, -0.2) is 43.2 Å². The van der Waals surface area contributed by atoms with Crippen molar-refractivity contribution >= 4 is 23.9 Å². The molecular formula is C17H16N2O5. The van der Waals surface area contributed by atoms with Crippen molar-refractivity contribution < 1.29 is 23.9 Å². The first-order valence-electron chi connectivity index (χ1n) is 7.34. The van der Waals surface area contributed by atoms with Crippen molar-refractivity contribution in [3.05, 3.63) is 46.7 Å². The average Bonchev–Trinajstić information content (AvgIpc) is 2.96. The molecule has 2 aliphatic rings. The van der Waals surface area contributed by atoms with E-state index >= 15 is 0 Å². The zero-order chi connectivity index (χ0) is 17.4. The largest absolute Gasteiger partial charge is 0.468 e. The van der Waals surface area contributed by atoms with E-state index in [4.69, 9.17) is 9.47 Å². The molecule has 3 rings (SSSR count). The number of hydrazone groups is 1. The van der Waals surface area contributed by atoms with Gasteiger partial charge in [-0.3, -0.25) is 14.6 Å². The van der Waals surface area contributed by atoms with Gasteiger partial charge in [-0.05, 0) is 11.1 Å². The van der Waals surface area contributed by atoms with Crippen molar-refractivity contribution in [2.24, 2.45) is 11.0 Å². The maximum Gasteiger partial charge on any atom is 0.337 e. The van der Waals surface area contributed by atoms with Crippen molar-refractivity contribution in [2.45, 2.75) is 13.0 Å². The van der Waals surface area contributed by atoms with Gasteiger partial charge in [0.15, 0.2) is 5.78 Å². The number of allylic oxidation sites excluding steroid dienone is 1. The second-order valence-electron chi connectivity index (χ2n) is 5.47. The fraction of sp³-hybridized carbons (Fsp3) is 0.294. The van der Waals surface area contributed by atoms with E-state index in [1.807, 2.05) is 24.3 Å². The van der Waals surface area contributed by atoms with Crippen LogP contribution in [0, 0.1) is 5.92 Å². The molecule has 1 aromatic rings. The van der Waals surface area contributed by atoms with E-state index in [1.54, 1.807) is 6.21 Å². The molecule has 0 aromatic heterocycles. The van der Waals surface area contributed by atoms with Gasteiger partial charge in [0.1, 0.15) is 11.6 Å². The molecule has 2 unspecified atom stereocenters. The van der Waals surface area contributed by atoms with Gasteiger partial charge in [0.05, 0.1) is 32.0 Å². The summed E-state index contributed by atoms with van der Waals surface area (Å²) in [6.45, 7) is 1.32. The number of nitrogens with zero attached hydrogens (tertiary/aromatic N) is 2. The third-order valence-corrected chi connectivity index (χ3v) is 4.20. The van der Waals surface area contributed by atoms with E-state index in [-0.39, 0.29) is 17.1 Å². The molecule has 0 bridgehead atoms. The van der Waals surface area contributed by atoms with Gasteiger partial charge >= 0.3 is 11.9 Å². The Hall–Kier alpha value is -2.96. The molecule has 7 heteroatoms. The Morgan fingerprint density at radius 3 is 2.46 bits per heavy atom. The van der Waals surface area contributed by atoms with Crippen LogP contribution in [0.5, 0.6) is 0 Å². The van der Waals surface area contributed by atoms with Crippen LogP contribution in [0.2, 0.25) is 0 Å². The monoisotopic (exact) mass is 328 g/mol. The van der Waals surface area contributed by atoms with Crippen molar-refractivity contribution in [2.75, 3.05) is 14.2 Å². The third kappa shape index (κ3) is 2.20. The number of Topliss-reactive ketones (excluding diaryl/α,β-unsaturated/α-hetero) is 1. The third-order valence-electron chi connectivity index (χ3n) is 4.20. The molecule has 0 N–H and O–H groups in total. The van der Waals surface area contributed by atoms with E-state index in [9.17, 15) is 14.4 Å². The molecule has 0 spiro atoms. The van der Waals surface area contributed by atoms with Gasteiger partial charge in [0.25, 0.3) is 0 Å². The molecule has 0 aliphatic carbocycles. The summed E-state index contributed by atoms with van der Waals surface area (Å²) in [7, 11) is 2.45. The number of fused-ring (bicyclic) bond motifs is 3. The van der Waals surface area contributed by atoms with Gasteiger partial charge in [-0.1, -0.05) is 24.3 Å². The van der Waals surface area contributed by atoms with Gasteiger partial charge in [0.2, 0.25) is 0 Å². The summed E-state index contributed by atoms with van der Waals surface area (Å²) < 4.78 is 9.68. The fourth-order valence-electron chi connectivity index (χ4n) is 3.23. The van der Waals surface area contributed by atoms with Crippen LogP contribution >= 0.6 is 0 Å². The zero-order valence-electron chi connectivity index (χ0n) is 13.5. The van der Waals surface area contributed by atoms with Crippen LogP contribution in [-0.2, 0) is 23.9 Å². The van der Waals surface area contributed by atoms with E-state index in [0.29, 0.717) is 0 Å². The second-order valence-corrected chi connectivity index (χ2v) is 5.47. The number of carbonyl (C=O) groups is 3. The minimum atomic E-state index is -0.986. The Kier molecular flexibility index (Phi) is 3.92. The molecule has 0 saturated carbocycles. The Labute approximate surface area is 138 Å². The SMILES string of the molecule is COC(=O)C1=C(C(C)=O)N2N=Cc3ccccc3C2C1C(=O)OC. The Bertz CT molecular complexity index is 796. The van der Waals surface area contributed by atoms with Crippen LogP contribution in [0.15, 0.2) is 40.6 Å². The highest BCUT2D eigenvalue weighted by Crippen LogP contribution is 2.47. The van der Waals surface area contributed by atoms with Crippen molar-refractivity contribution in [3.8, 4) is 0 Å². The summed E-state index contributed by atoms with van der Waals surface area (Å²) in [6.07, 6.45) is 1.60. The lowest BCUT2D eigenvalue weighted by Gasteiger charge is -2.31. The molecule has 2 atom stereocenters. The number of benzene rings is 1. The number of rotatable bonds is 3. The Morgan fingerprint density at radius 1 is 1.12 bits per heavy atom. The molecule has 2 heterocycles. The van der Waals surface area contributed by atoms with Crippen LogP contribution < -0.4 is 0 Å². The molecule has 0 amide bonds. The molecule has 124 valence electrons. The lowest BCUT2D eigenvalue weighted by molar-refractivity contribution is -0.148. The number of hydrogen-bond acceptors (Lipinski definition) is 7. The maximum atomic E-state index is 12.4. The minimum absolute atomic E-state index is 0.0179. The predicted octanol–water partition coefficient (Wildman–Crippen LogP) is 1.20. The average molecular weight is 328 g/mol. The normalized spacial score (nSPS) is 21.2. The van der Waals surface area contributed by atoms with E-state index in [0.717, 1.165) is 11.1 Å². The molecule has 0 fully saturated rings. The zero-order valence-corrected chi connectivity index (χ0v) is 13.5. The number of carbonyl (C=O) groups excluding carboxylic acids is 3. The first-order valence-corrected chi connectivity index (χ1v) is 7.34. The molecule has 0 radical (unpaired) electrons. The highest BCUT2D eigenvalue weighted by molar-refractivity contribution is 6.07.